The van der Waals surface area contributed by atoms with E-state index in [0.717, 1.165) is 6.33 Å². The molecule has 0 aromatic carbocycles. The number of anilines is 2. The van der Waals surface area contributed by atoms with Crippen LogP contribution in [0.4, 0.5) is 24.1 Å². The van der Waals surface area contributed by atoms with Gasteiger partial charge in [0.15, 0.2) is 16.4 Å². The number of pyridine rings is 1. The Morgan fingerprint density at radius 2 is 1.82 bits per heavy atom. The van der Waals surface area contributed by atoms with Crippen LogP contribution in [-0.2, 0) is 10.9 Å². The quantitative estimate of drug-likeness (QED) is 0.550. The van der Waals surface area contributed by atoms with Crippen molar-refractivity contribution < 1.29 is 32.2 Å². The van der Waals surface area contributed by atoms with Crippen LogP contribution in [0.5, 0.6) is 11.8 Å². The van der Waals surface area contributed by atoms with E-state index < -0.39 is 17.8 Å². The number of nitrogens with one attached hydrogen (secondary N) is 1. The highest BCUT2D eigenvalue weighted by Gasteiger charge is 2.38. The minimum atomic E-state index is -4.75. The third-order valence-corrected chi connectivity index (χ3v) is 5.87. The van der Waals surface area contributed by atoms with Crippen molar-refractivity contribution in [2.24, 2.45) is 0 Å². The van der Waals surface area contributed by atoms with Crippen molar-refractivity contribution in [1.82, 2.24) is 19.9 Å². The van der Waals surface area contributed by atoms with Gasteiger partial charge in [0.2, 0.25) is 11.8 Å². The minimum Gasteiger partial charge on any atom is -0.480 e. The second-order valence-corrected chi connectivity index (χ2v) is 7.92. The monoisotopic (exact) mass is 496 g/mol. The summed E-state index contributed by atoms with van der Waals surface area (Å²) in [6.07, 6.45) is -2.18. The highest BCUT2D eigenvalue weighted by atomic mass is 32.1. The highest BCUT2D eigenvalue weighted by Crippen LogP contribution is 2.42. The van der Waals surface area contributed by atoms with Gasteiger partial charge in [-0.1, -0.05) is 11.3 Å². The van der Waals surface area contributed by atoms with Gasteiger partial charge in [-0.25, -0.2) is 19.9 Å². The summed E-state index contributed by atoms with van der Waals surface area (Å²) >= 11 is 0.688. The molecule has 0 saturated carbocycles. The number of hydrogen-bond donors (Lipinski definition) is 1. The Bertz CT molecular complexity index is 1160. The number of thiazole rings is 1. The summed E-state index contributed by atoms with van der Waals surface area (Å²) in [5.41, 5.74) is -1.01. The lowest BCUT2D eigenvalue weighted by atomic mass is 10.2. The van der Waals surface area contributed by atoms with E-state index in [1.165, 1.54) is 26.5 Å². The average molecular weight is 496 g/mol. The van der Waals surface area contributed by atoms with Crippen LogP contribution >= 0.6 is 11.3 Å². The Morgan fingerprint density at radius 3 is 2.44 bits per heavy atom. The molecule has 34 heavy (non-hydrogen) atoms. The van der Waals surface area contributed by atoms with E-state index in [0.29, 0.717) is 43.5 Å². The number of hydrogen-bond acceptors (Lipinski definition) is 10. The molecule has 1 N–H and O–H groups in total. The molecule has 0 bridgehead atoms. The van der Waals surface area contributed by atoms with E-state index in [-0.39, 0.29) is 32.9 Å². The molecule has 4 rings (SSSR count). The number of alkyl halides is 3. The SMILES string of the molecule is COc1ncnc(OC)c1C(=O)Nc1nc(C(F)(F)F)c(-c2ccnc(N3CCOCC3)c2)s1. The van der Waals surface area contributed by atoms with E-state index in [4.69, 9.17) is 14.2 Å². The lowest BCUT2D eigenvalue weighted by molar-refractivity contribution is -0.140. The van der Waals surface area contributed by atoms with E-state index in [9.17, 15) is 18.0 Å². The number of rotatable bonds is 6. The molecule has 180 valence electrons. The summed E-state index contributed by atoms with van der Waals surface area (Å²) in [7, 11) is 2.58. The fraction of sp³-hybridized carbons (Fsp3) is 0.350. The second kappa shape index (κ2) is 9.77. The molecule has 1 saturated heterocycles. The molecule has 0 spiro atoms. The molecule has 1 fully saturated rings. The molecular weight excluding hydrogens is 477 g/mol. The zero-order chi connectivity index (χ0) is 24.3. The Morgan fingerprint density at radius 1 is 1.15 bits per heavy atom. The van der Waals surface area contributed by atoms with Crippen molar-refractivity contribution in [2.75, 3.05) is 50.7 Å². The van der Waals surface area contributed by atoms with Crippen LogP contribution in [0.3, 0.4) is 0 Å². The summed E-state index contributed by atoms with van der Waals surface area (Å²) in [5.74, 6) is -0.487. The number of halogens is 3. The maximum Gasteiger partial charge on any atom is 0.434 e. The molecule has 3 aromatic heterocycles. The first-order chi connectivity index (χ1) is 16.3. The molecule has 1 amide bonds. The standard InChI is InChI=1S/C20H19F3N6O4S/c1-31-17-13(18(32-2)26-10-25-17)16(30)28-19-27-15(20(21,22)23)14(34-19)11-3-4-24-12(9-11)29-5-7-33-8-6-29/h3-4,9-10H,5-8H2,1-2H3,(H,27,28,30). The van der Waals surface area contributed by atoms with E-state index in [1.54, 1.807) is 6.07 Å². The van der Waals surface area contributed by atoms with E-state index >= 15 is 0 Å². The maximum atomic E-state index is 13.8. The number of nitrogens with zero attached hydrogens (tertiary/aromatic N) is 5. The molecular formula is C20H19F3N6O4S. The normalized spacial score (nSPS) is 14.1. The van der Waals surface area contributed by atoms with Crippen LogP contribution in [0.2, 0.25) is 0 Å². The number of carbonyl (C=O) groups is 1. The van der Waals surface area contributed by atoms with Crippen molar-refractivity contribution in [3.05, 3.63) is 35.9 Å². The third kappa shape index (κ3) is 4.87. The zero-order valence-corrected chi connectivity index (χ0v) is 18.9. The predicted octanol–water partition coefficient (Wildman–Crippen LogP) is 3.12. The first-order valence-corrected chi connectivity index (χ1v) is 10.7. The fourth-order valence-electron chi connectivity index (χ4n) is 3.30. The zero-order valence-electron chi connectivity index (χ0n) is 18.0. The molecule has 0 unspecified atom stereocenters. The minimum absolute atomic E-state index is 0.0959. The lowest BCUT2D eigenvalue weighted by Gasteiger charge is -2.28. The van der Waals surface area contributed by atoms with Gasteiger partial charge in [-0.2, -0.15) is 13.2 Å². The summed E-state index contributed by atoms with van der Waals surface area (Å²) in [5, 5.41) is 2.11. The first kappa shape index (κ1) is 23.6. The van der Waals surface area contributed by atoms with E-state index in [2.05, 4.69) is 25.3 Å². The Labute approximate surface area is 195 Å². The highest BCUT2D eigenvalue weighted by molar-refractivity contribution is 7.19. The third-order valence-electron chi connectivity index (χ3n) is 4.85. The molecule has 0 aliphatic carbocycles. The van der Waals surface area contributed by atoms with Gasteiger partial charge in [0.05, 0.1) is 32.3 Å². The van der Waals surface area contributed by atoms with Gasteiger partial charge in [0.1, 0.15) is 12.1 Å². The molecule has 0 radical (unpaired) electrons. The van der Waals surface area contributed by atoms with Crippen molar-refractivity contribution in [1.29, 1.82) is 0 Å². The summed E-state index contributed by atoms with van der Waals surface area (Å²) in [6.45, 7) is 2.17. The fourth-order valence-corrected chi connectivity index (χ4v) is 4.28. The number of methoxy groups -OCH3 is 2. The number of aromatic nitrogens is 4. The maximum absolute atomic E-state index is 13.8. The predicted molar refractivity (Wildman–Crippen MR) is 116 cm³/mol. The number of ether oxygens (including phenoxy) is 3. The topological polar surface area (TPSA) is 112 Å². The molecule has 1 aliphatic rings. The largest absolute Gasteiger partial charge is 0.480 e. The van der Waals surface area contributed by atoms with Gasteiger partial charge < -0.3 is 19.1 Å². The molecule has 14 heteroatoms. The van der Waals surface area contributed by atoms with Crippen LogP contribution < -0.4 is 19.7 Å². The Balaban J connectivity index is 1.69. The number of amides is 1. The van der Waals surface area contributed by atoms with Gasteiger partial charge >= 0.3 is 6.18 Å². The molecule has 0 atom stereocenters. The lowest BCUT2D eigenvalue weighted by Crippen LogP contribution is -2.36. The molecule has 4 heterocycles. The first-order valence-electron chi connectivity index (χ1n) is 9.93. The average Bonchev–Trinajstić information content (AvgIpc) is 3.28. The van der Waals surface area contributed by atoms with Gasteiger partial charge in [0.25, 0.3) is 5.91 Å². The van der Waals surface area contributed by atoms with Crippen molar-refractivity contribution >= 4 is 28.2 Å². The van der Waals surface area contributed by atoms with Crippen LogP contribution in [0, 0.1) is 0 Å². The molecule has 3 aromatic rings. The van der Waals surface area contributed by atoms with E-state index in [1.807, 2.05) is 4.90 Å². The number of carbonyl (C=O) groups excluding carboxylic acids is 1. The van der Waals surface area contributed by atoms with Crippen LogP contribution in [-0.4, -0.2) is 66.4 Å². The van der Waals surface area contributed by atoms with Crippen molar-refractivity contribution in [2.45, 2.75) is 6.18 Å². The van der Waals surface area contributed by atoms with Gasteiger partial charge in [-0.3, -0.25) is 10.1 Å². The number of morpholine rings is 1. The summed E-state index contributed by atoms with van der Waals surface area (Å²) in [6, 6.07) is 3.03. The summed E-state index contributed by atoms with van der Waals surface area (Å²) in [4.78, 5) is 30.2. The smallest absolute Gasteiger partial charge is 0.434 e. The van der Waals surface area contributed by atoms with Gasteiger partial charge in [0, 0.05) is 19.3 Å². The summed E-state index contributed by atoms with van der Waals surface area (Å²) < 4.78 is 56.9. The molecule has 10 nitrogen and oxygen atoms in total. The van der Waals surface area contributed by atoms with Gasteiger partial charge in [-0.05, 0) is 17.7 Å². The van der Waals surface area contributed by atoms with Crippen molar-refractivity contribution in [3.63, 3.8) is 0 Å². The van der Waals surface area contributed by atoms with Crippen molar-refractivity contribution in [3.8, 4) is 22.2 Å². The molecule has 1 aliphatic heterocycles. The van der Waals surface area contributed by atoms with Gasteiger partial charge in [-0.15, -0.1) is 0 Å². The van der Waals surface area contributed by atoms with Crippen LogP contribution in [0.1, 0.15) is 16.1 Å². The van der Waals surface area contributed by atoms with Crippen LogP contribution in [0.25, 0.3) is 10.4 Å². The Hall–Kier alpha value is -3.52. The second-order valence-electron chi connectivity index (χ2n) is 6.92. The van der Waals surface area contributed by atoms with Crippen LogP contribution in [0.15, 0.2) is 24.7 Å². The Kier molecular flexibility index (Phi) is 6.79.